The second-order valence-corrected chi connectivity index (χ2v) is 3.38. The minimum absolute atomic E-state index is 0.262. The quantitative estimate of drug-likeness (QED) is 0.369. The molecule has 2 unspecified atom stereocenters. The Bertz CT molecular complexity index is 150. The molecule has 0 aromatic rings. The fourth-order valence-electron chi connectivity index (χ4n) is 1.29. The molecule has 0 saturated carbocycles. The summed E-state index contributed by atoms with van der Waals surface area (Å²) in [5.41, 5.74) is -0.757. The van der Waals surface area contributed by atoms with Gasteiger partial charge in [-0.25, -0.2) is 0 Å². The van der Waals surface area contributed by atoms with Gasteiger partial charge in [0.1, 0.15) is 26.2 Å². The second-order valence-electron chi connectivity index (χ2n) is 3.38. The molecule has 0 aromatic heterocycles. The molecule has 3 N–H and O–H groups in total. The highest BCUT2D eigenvalue weighted by Crippen LogP contribution is 2.27. The smallest absolute Gasteiger partial charge is 0.146 e. The van der Waals surface area contributed by atoms with Crippen LogP contribution in [0.2, 0.25) is 0 Å². The molecule has 5 heteroatoms. The van der Waals surface area contributed by atoms with Crippen LogP contribution in [0.1, 0.15) is 6.92 Å². The Labute approximate surface area is 66.2 Å². The molecule has 0 radical (unpaired) electrons. The minimum atomic E-state index is -0.977. The van der Waals surface area contributed by atoms with Gasteiger partial charge in [-0.1, -0.05) is 0 Å². The van der Waals surface area contributed by atoms with Crippen LogP contribution in [-0.2, 0) is 4.74 Å². The van der Waals surface area contributed by atoms with E-state index in [1.54, 1.807) is 14.8 Å². The van der Waals surface area contributed by atoms with Crippen molar-refractivity contribution in [3.63, 3.8) is 0 Å². The molecular weight excluding hydrogens is 147 g/mol. The van der Waals surface area contributed by atoms with Gasteiger partial charge in [-0.15, -0.1) is 0 Å². The standard InChI is InChI=1S/C6H13BO4/c1-6(7)5(10)4(9)3(2-8)11-6/h3-5,8-10H,2,7H2,1H3/t3-,4?,5?,6-/m1/s1. The number of hydrogen-bond acceptors (Lipinski definition) is 4. The van der Waals surface area contributed by atoms with Crippen LogP contribution < -0.4 is 0 Å². The van der Waals surface area contributed by atoms with Crippen LogP contribution in [0.15, 0.2) is 0 Å². The van der Waals surface area contributed by atoms with E-state index in [0.717, 1.165) is 0 Å². The number of aliphatic hydroxyl groups is 3. The van der Waals surface area contributed by atoms with Crippen molar-refractivity contribution >= 4 is 7.85 Å². The summed E-state index contributed by atoms with van der Waals surface area (Å²) in [6, 6.07) is 0. The van der Waals surface area contributed by atoms with E-state index in [1.165, 1.54) is 0 Å². The van der Waals surface area contributed by atoms with E-state index in [0.29, 0.717) is 0 Å². The zero-order chi connectivity index (χ0) is 8.65. The van der Waals surface area contributed by atoms with Gasteiger partial charge in [0.2, 0.25) is 0 Å². The Balaban J connectivity index is 2.69. The zero-order valence-corrected chi connectivity index (χ0v) is 6.69. The molecule has 0 spiro atoms. The van der Waals surface area contributed by atoms with Crippen molar-refractivity contribution in [1.82, 2.24) is 0 Å². The van der Waals surface area contributed by atoms with Gasteiger partial charge in [0.15, 0.2) is 0 Å². The number of ether oxygens (including phenoxy) is 1. The lowest BCUT2D eigenvalue weighted by atomic mass is 9.78. The normalized spacial score (nSPS) is 51.5. The zero-order valence-electron chi connectivity index (χ0n) is 6.69. The second kappa shape index (κ2) is 2.75. The van der Waals surface area contributed by atoms with Crippen molar-refractivity contribution in [2.75, 3.05) is 6.61 Å². The summed E-state index contributed by atoms with van der Waals surface area (Å²) in [6.07, 6.45) is -2.55. The molecule has 1 rings (SSSR count). The van der Waals surface area contributed by atoms with E-state index in [1.807, 2.05) is 0 Å². The lowest BCUT2D eigenvalue weighted by Gasteiger charge is -2.21. The van der Waals surface area contributed by atoms with Crippen LogP contribution in [0.4, 0.5) is 0 Å². The Morgan fingerprint density at radius 1 is 1.55 bits per heavy atom. The summed E-state index contributed by atoms with van der Waals surface area (Å²) in [5.74, 6) is 0. The monoisotopic (exact) mass is 160 g/mol. The Hall–Kier alpha value is -0.0951. The molecule has 0 bridgehead atoms. The van der Waals surface area contributed by atoms with Gasteiger partial charge in [0, 0.05) is 0 Å². The third-order valence-electron chi connectivity index (χ3n) is 2.05. The summed E-state index contributed by atoms with van der Waals surface area (Å²) < 4.78 is 5.17. The van der Waals surface area contributed by atoms with Crippen molar-refractivity contribution in [2.45, 2.75) is 30.7 Å². The highest BCUT2D eigenvalue weighted by atomic mass is 16.6. The van der Waals surface area contributed by atoms with Crippen molar-refractivity contribution in [3.8, 4) is 0 Å². The molecule has 1 heterocycles. The summed E-state index contributed by atoms with van der Waals surface area (Å²) in [7, 11) is 1.68. The van der Waals surface area contributed by atoms with E-state index >= 15 is 0 Å². The number of rotatable bonds is 1. The molecule has 1 aliphatic heterocycles. The Morgan fingerprint density at radius 2 is 2.09 bits per heavy atom. The van der Waals surface area contributed by atoms with E-state index in [4.69, 9.17) is 9.84 Å². The Morgan fingerprint density at radius 3 is 2.27 bits per heavy atom. The lowest BCUT2D eigenvalue weighted by Crippen LogP contribution is -2.40. The molecule has 11 heavy (non-hydrogen) atoms. The van der Waals surface area contributed by atoms with Gasteiger partial charge in [-0.05, 0) is 6.92 Å². The average molecular weight is 160 g/mol. The van der Waals surface area contributed by atoms with Gasteiger partial charge >= 0.3 is 0 Å². The van der Waals surface area contributed by atoms with Crippen molar-refractivity contribution < 1.29 is 20.1 Å². The fraction of sp³-hybridized carbons (Fsp3) is 1.00. The van der Waals surface area contributed by atoms with Gasteiger partial charge in [-0.3, -0.25) is 0 Å². The Kier molecular flexibility index (Phi) is 2.25. The molecule has 4 nitrogen and oxygen atoms in total. The molecule has 1 aliphatic rings. The lowest BCUT2D eigenvalue weighted by molar-refractivity contribution is -0.0333. The maximum Gasteiger partial charge on any atom is 0.146 e. The summed E-state index contributed by atoms with van der Waals surface area (Å²) in [4.78, 5) is 0. The fourth-order valence-corrected chi connectivity index (χ4v) is 1.29. The van der Waals surface area contributed by atoms with Crippen LogP contribution >= 0.6 is 0 Å². The van der Waals surface area contributed by atoms with Crippen molar-refractivity contribution in [1.29, 1.82) is 0 Å². The highest BCUT2D eigenvalue weighted by Gasteiger charge is 2.47. The molecule has 1 saturated heterocycles. The summed E-state index contributed by atoms with van der Waals surface area (Å²) in [5, 5.41) is 27.3. The minimum Gasteiger partial charge on any atom is -0.394 e. The first-order valence-corrected chi connectivity index (χ1v) is 3.64. The van der Waals surface area contributed by atoms with Crippen molar-refractivity contribution in [2.24, 2.45) is 0 Å². The molecular formula is C6H13BO4. The van der Waals surface area contributed by atoms with E-state index < -0.39 is 23.8 Å². The topological polar surface area (TPSA) is 69.9 Å². The number of aliphatic hydroxyl groups excluding tert-OH is 3. The van der Waals surface area contributed by atoms with E-state index in [9.17, 15) is 10.2 Å². The average Bonchev–Trinajstić information content (AvgIpc) is 2.13. The predicted octanol–water partition coefficient (Wildman–Crippen LogP) is -2.55. The van der Waals surface area contributed by atoms with Crippen molar-refractivity contribution in [3.05, 3.63) is 0 Å². The van der Waals surface area contributed by atoms with Crippen LogP contribution in [0, 0.1) is 0 Å². The molecule has 0 aliphatic carbocycles. The molecule has 0 amide bonds. The van der Waals surface area contributed by atoms with Gasteiger partial charge in [0.25, 0.3) is 0 Å². The highest BCUT2D eigenvalue weighted by molar-refractivity contribution is 6.15. The predicted molar refractivity (Wildman–Crippen MR) is 40.9 cm³/mol. The molecule has 0 aromatic carbocycles. The first kappa shape index (κ1) is 9.00. The molecule has 4 atom stereocenters. The van der Waals surface area contributed by atoms with E-state index in [2.05, 4.69) is 0 Å². The third-order valence-corrected chi connectivity index (χ3v) is 2.05. The van der Waals surface area contributed by atoms with Gasteiger partial charge in [-0.2, -0.15) is 0 Å². The maximum absolute atomic E-state index is 9.34. The first-order chi connectivity index (χ1) is 4.99. The number of hydrogen-bond donors (Lipinski definition) is 3. The summed E-state index contributed by atoms with van der Waals surface area (Å²) >= 11 is 0. The molecule has 1 fully saturated rings. The van der Waals surface area contributed by atoms with E-state index in [-0.39, 0.29) is 6.61 Å². The van der Waals surface area contributed by atoms with Gasteiger partial charge < -0.3 is 20.1 Å². The van der Waals surface area contributed by atoms with Crippen LogP contribution in [-0.4, -0.2) is 53.6 Å². The van der Waals surface area contributed by atoms with Crippen LogP contribution in [0.3, 0.4) is 0 Å². The summed E-state index contributed by atoms with van der Waals surface area (Å²) in [6.45, 7) is 1.41. The van der Waals surface area contributed by atoms with Crippen LogP contribution in [0.25, 0.3) is 0 Å². The molecule has 64 valence electrons. The first-order valence-electron chi connectivity index (χ1n) is 3.64. The SMILES string of the molecule is B[C@]1(C)O[C@H](CO)C(O)C1O. The van der Waals surface area contributed by atoms with Crippen LogP contribution in [0.5, 0.6) is 0 Å². The third kappa shape index (κ3) is 1.42. The largest absolute Gasteiger partial charge is 0.394 e. The van der Waals surface area contributed by atoms with Gasteiger partial charge in [0.05, 0.1) is 12.1 Å². The maximum atomic E-state index is 9.34.